The van der Waals surface area contributed by atoms with Gasteiger partial charge in [-0.25, -0.2) is 9.79 Å². The average molecular weight is 544 g/mol. The molecule has 38 heavy (non-hydrogen) atoms. The number of amides is 1. The summed E-state index contributed by atoms with van der Waals surface area (Å²) in [4.78, 5) is 31.6. The van der Waals surface area contributed by atoms with E-state index in [-0.39, 0.29) is 30.4 Å². The van der Waals surface area contributed by atoms with Crippen LogP contribution in [0.3, 0.4) is 0 Å². The number of nitrogens with one attached hydrogen (secondary N) is 1. The normalized spacial score (nSPS) is 15.5. The number of esters is 1. The maximum Gasteiger partial charge on any atom is 0.344 e. The molecule has 0 bridgehead atoms. The molecule has 192 valence electrons. The third-order valence-electron chi connectivity index (χ3n) is 5.82. The van der Waals surface area contributed by atoms with E-state index in [9.17, 15) is 14.7 Å². The molecule has 0 aliphatic carbocycles. The third kappa shape index (κ3) is 5.58. The van der Waals surface area contributed by atoms with E-state index in [1.165, 1.54) is 11.8 Å². The average Bonchev–Trinajstić information content (AvgIpc) is 3.63. The van der Waals surface area contributed by atoms with Crippen molar-refractivity contribution in [3.05, 3.63) is 105 Å². The van der Waals surface area contributed by atoms with Crippen LogP contribution in [0.1, 0.15) is 17.4 Å². The number of thiophene rings is 1. The molecule has 0 saturated carbocycles. The zero-order valence-electron chi connectivity index (χ0n) is 20.6. The molecule has 0 atom stereocenters. The van der Waals surface area contributed by atoms with E-state index in [0.717, 1.165) is 21.3 Å². The van der Waals surface area contributed by atoms with E-state index in [0.29, 0.717) is 22.2 Å². The van der Waals surface area contributed by atoms with Crippen molar-refractivity contribution >= 4 is 62.7 Å². The monoisotopic (exact) mass is 543 g/mol. The van der Waals surface area contributed by atoms with Gasteiger partial charge >= 0.3 is 5.97 Å². The predicted octanol–water partition coefficient (Wildman–Crippen LogP) is 6.21. The second-order valence-electron chi connectivity index (χ2n) is 8.39. The Morgan fingerprint density at radius 2 is 1.87 bits per heavy atom. The Morgan fingerprint density at radius 3 is 2.63 bits per heavy atom. The van der Waals surface area contributed by atoms with Crippen molar-refractivity contribution in [3.63, 3.8) is 0 Å². The second kappa shape index (κ2) is 11.5. The fourth-order valence-corrected chi connectivity index (χ4v) is 5.75. The van der Waals surface area contributed by atoms with Crippen LogP contribution in [0.15, 0.2) is 99.5 Å². The second-order valence-corrected chi connectivity index (χ2v) is 10.5. The number of para-hydroxylation sites is 2. The van der Waals surface area contributed by atoms with E-state index in [1.54, 1.807) is 18.3 Å². The van der Waals surface area contributed by atoms with Gasteiger partial charge in [0.25, 0.3) is 0 Å². The number of nitrogens with zero attached hydrogens (tertiary/aromatic N) is 2. The first-order valence-corrected chi connectivity index (χ1v) is 13.7. The molecule has 1 aliphatic rings. The summed E-state index contributed by atoms with van der Waals surface area (Å²) in [7, 11) is 0. The number of aliphatic hydroxyl groups excluding tert-OH is 1. The minimum absolute atomic E-state index is 0.0450. The molecule has 2 aromatic heterocycles. The molecule has 1 aliphatic heterocycles. The molecule has 7 nitrogen and oxygen atoms in total. The van der Waals surface area contributed by atoms with Gasteiger partial charge in [-0.1, -0.05) is 54.2 Å². The van der Waals surface area contributed by atoms with E-state index in [2.05, 4.69) is 10.3 Å². The molecule has 0 fully saturated rings. The van der Waals surface area contributed by atoms with Crippen LogP contribution in [-0.4, -0.2) is 33.2 Å². The summed E-state index contributed by atoms with van der Waals surface area (Å²) < 4.78 is 7.09. The quantitative estimate of drug-likeness (QED) is 0.258. The Hall–Kier alpha value is -4.08. The number of thioether (sulfide) groups is 1. The first-order chi connectivity index (χ1) is 18.5. The van der Waals surface area contributed by atoms with Gasteiger partial charge in [0.05, 0.1) is 23.7 Å². The minimum Gasteiger partial charge on any atom is -0.506 e. The molecular formula is C29H25N3O4S2. The summed E-state index contributed by atoms with van der Waals surface area (Å²) in [6, 6.07) is 21.0. The van der Waals surface area contributed by atoms with Gasteiger partial charge in [0.1, 0.15) is 22.9 Å². The van der Waals surface area contributed by atoms with Gasteiger partial charge in [0.15, 0.2) is 0 Å². The van der Waals surface area contributed by atoms with Gasteiger partial charge in [-0.3, -0.25) is 4.79 Å². The number of hydrogen-bond acceptors (Lipinski definition) is 7. The van der Waals surface area contributed by atoms with Gasteiger partial charge in [-0.05, 0) is 42.6 Å². The van der Waals surface area contributed by atoms with Crippen molar-refractivity contribution in [1.29, 1.82) is 0 Å². The number of aromatic nitrogens is 1. The fourth-order valence-electron chi connectivity index (χ4n) is 4.08. The maximum atomic E-state index is 12.7. The van der Waals surface area contributed by atoms with Crippen LogP contribution in [0.2, 0.25) is 0 Å². The van der Waals surface area contributed by atoms with Gasteiger partial charge in [-0.2, -0.15) is 0 Å². The highest BCUT2D eigenvalue weighted by Crippen LogP contribution is 2.41. The highest BCUT2D eigenvalue weighted by molar-refractivity contribution is 8.18. The van der Waals surface area contributed by atoms with Gasteiger partial charge in [0, 0.05) is 27.5 Å². The Kier molecular flexibility index (Phi) is 7.76. The van der Waals surface area contributed by atoms with Gasteiger partial charge < -0.3 is 19.7 Å². The van der Waals surface area contributed by atoms with Crippen molar-refractivity contribution in [2.24, 2.45) is 4.99 Å². The standard InChI is InChI=1S/C29H25N3O4S2/c1-2-36-29(35)26-27(34)24(38-28(26)31-20-9-4-3-5-10-20)15-19-17-32(23-13-7-6-12-22(19)23)18-25(33)30-16-21-11-8-14-37-21/h3-15,17,34H,2,16,18H2,1H3,(H,30,33)/b24-15-,31-28?. The SMILES string of the molecule is CCOC(=O)C1=C(O)/C(=C/c2cn(CC(=O)NCc3cccs3)c3ccccc23)SC1=Nc1ccccc1. The van der Waals surface area contributed by atoms with Crippen LogP contribution in [0.5, 0.6) is 0 Å². The van der Waals surface area contributed by atoms with E-state index >= 15 is 0 Å². The Morgan fingerprint density at radius 1 is 1.08 bits per heavy atom. The first-order valence-electron chi connectivity index (χ1n) is 12.0. The predicted molar refractivity (Wildman–Crippen MR) is 153 cm³/mol. The number of carbonyl (C=O) groups is 2. The smallest absolute Gasteiger partial charge is 0.344 e. The van der Waals surface area contributed by atoms with Gasteiger partial charge in [-0.15, -0.1) is 11.3 Å². The molecule has 4 aromatic rings. The summed E-state index contributed by atoms with van der Waals surface area (Å²) in [5.74, 6) is -0.896. The molecule has 3 heterocycles. The lowest BCUT2D eigenvalue weighted by atomic mass is 10.1. The highest BCUT2D eigenvalue weighted by atomic mass is 32.2. The third-order valence-corrected chi connectivity index (χ3v) is 7.71. The molecule has 0 radical (unpaired) electrons. The molecule has 0 unspecified atom stereocenters. The summed E-state index contributed by atoms with van der Waals surface area (Å²) in [6.07, 6.45) is 3.70. The Bertz CT molecular complexity index is 1570. The number of aliphatic hydroxyl groups is 1. The molecular weight excluding hydrogens is 518 g/mol. The molecule has 2 aromatic carbocycles. The van der Waals surface area contributed by atoms with E-state index in [4.69, 9.17) is 4.74 Å². The zero-order valence-corrected chi connectivity index (χ0v) is 22.2. The van der Waals surface area contributed by atoms with Crippen molar-refractivity contribution in [2.45, 2.75) is 20.0 Å². The lowest BCUT2D eigenvalue weighted by molar-refractivity contribution is -0.138. The Labute approximate surface area is 228 Å². The van der Waals surface area contributed by atoms with Crippen molar-refractivity contribution in [2.75, 3.05) is 6.61 Å². The fraction of sp³-hybridized carbons (Fsp3) is 0.138. The van der Waals surface area contributed by atoms with Crippen LogP contribution in [-0.2, 0) is 27.4 Å². The molecule has 1 amide bonds. The van der Waals surface area contributed by atoms with Crippen LogP contribution in [0.25, 0.3) is 17.0 Å². The van der Waals surface area contributed by atoms with Gasteiger partial charge in [0.2, 0.25) is 5.91 Å². The molecule has 2 N–H and O–H groups in total. The van der Waals surface area contributed by atoms with Crippen molar-refractivity contribution in [3.8, 4) is 0 Å². The maximum absolute atomic E-state index is 12.7. The number of rotatable bonds is 8. The van der Waals surface area contributed by atoms with Crippen LogP contribution in [0.4, 0.5) is 5.69 Å². The number of hydrogen-bond donors (Lipinski definition) is 2. The molecule has 9 heteroatoms. The molecule has 0 spiro atoms. The number of aliphatic imine (C=N–C) groups is 1. The Balaban J connectivity index is 1.47. The van der Waals surface area contributed by atoms with Crippen LogP contribution in [0, 0.1) is 0 Å². The number of fused-ring (bicyclic) bond motifs is 1. The highest BCUT2D eigenvalue weighted by Gasteiger charge is 2.33. The zero-order chi connectivity index (χ0) is 26.5. The van der Waals surface area contributed by atoms with Crippen molar-refractivity contribution < 1.29 is 19.4 Å². The van der Waals surface area contributed by atoms with E-state index < -0.39 is 5.97 Å². The first kappa shape index (κ1) is 25.6. The topological polar surface area (TPSA) is 92.9 Å². The summed E-state index contributed by atoms with van der Waals surface area (Å²) in [5.41, 5.74) is 2.41. The molecule has 0 saturated heterocycles. The lowest BCUT2D eigenvalue weighted by Gasteiger charge is -2.06. The summed E-state index contributed by atoms with van der Waals surface area (Å²) >= 11 is 2.81. The number of ether oxygens (including phenoxy) is 1. The number of carbonyl (C=O) groups excluding carboxylic acids is 2. The summed E-state index contributed by atoms with van der Waals surface area (Å²) in [6.45, 7) is 2.54. The van der Waals surface area contributed by atoms with Crippen LogP contribution < -0.4 is 5.32 Å². The molecule has 5 rings (SSSR count). The lowest BCUT2D eigenvalue weighted by Crippen LogP contribution is -2.26. The number of benzene rings is 2. The largest absolute Gasteiger partial charge is 0.506 e. The minimum atomic E-state index is -0.625. The van der Waals surface area contributed by atoms with Crippen molar-refractivity contribution in [1.82, 2.24) is 9.88 Å². The summed E-state index contributed by atoms with van der Waals surface area (Å²) in [5, 5.41) is 17.3. The van der Waals surface area contributed by atoms with Crippen LogP contribution >= 0.6 is 23.1 Å². The van der Waals surface area contributed by atoms with E-state index in [1.807, 2.05) is 89.0 Å².